The second-order valence-corrected chi connectivity index (χ2v) is 7.01. The van der Waals surface area contributed by atoms with E-state index in [1.165, 1.54) is 4.83 Å². The molecule has 1 fully saturated rings. The maximum absolute atomic E-state index is 12.7. The fourth-order valence-electron chi connectivity index (χ4n) is 3.36. The Labute approximate surface area is 138 Å². The molecule has 1 atom stereocenters. The van der Waals surface area contributed by atoms with Gasteiger partial charge in [-0.25, -0.2) is 4.98 Å². The zero-order valence-electron chi connectivity index (χ0n) is 13.3. The molecule has 0 spiro atoms. The van der Waals surface area contributed by atoms with Crippen molar-refractivity contribution in [2.24, 2.45) is 7.05 Å². The number of aromatic nitrogens is 4. The van der Waals surface area contributed by atoms with Crippen LogP contribution in [0.3, 0.4) is 0 Å². The second-order valence-electron chi connectivity index (χ2n) is 6.12. The number of thiazole rings is 1. The van der Waals surface area contributed by atoms with Gasteiger partial charge in [-0.2, -0.15) is 5.10 Å². The Kier molecular flexibility index (Phi) is 3.45. The van der Waals surface area contributed by atoms with Gasteiger partial charge in [-0.1, -0.05) is 0 Å². The summed E-state index contributed by atoms with van der Waals surface area (Å²) in [5.41, 5.74) is 1.80. The van der Waals surface area contributed by atoms with E-state index in [1.54, 1.807) is 28.4 Å². The van der Waals surface area contributed by atoms with Crippen LogP contribution in [-0.2, 0) is 7.05 Å². The molecule has 0 aromatic carbocycles. The Balaban J connectivity index is 1.59. The number of amides is 1. The number of hydrogen-bond donors (Lipinski definition) is 0. The minimum Gasteiger partial charge on any atom is -0.338 e. The highest BCUT2D eigenvalue weighted by atomic mass is 32.1. The Bertz CT molecular complexity index is 861. The monoisotopic (exact) mass is 329 g/mol. The minimum absolute atomic E-state index is 0.0705. The summed E-state index contributed by atoms with van der Waals surface area (Å²) in [5, 5.41) is 6.19. The number of imidazole rings is 1. The summed E-state index contributed by atoms with van der Waals surface area (Å²) in [4.78, 5) is 20.6. The molecular weight excluding hydrogens is 310 g/mol. The first-order valence-corrected chi connectivity index (χ1v) is 8.71. The average molecular weight is 329 g/mol. The molecule has 1 unspecified atom stereocenters. The summed E-state index contributed by atoms with van der Waals surface area (Å²) in [6, 6.07) is 0. The number of piperidine rings is 1. The third kappa shape index (κ3) is 2.45. The lowest BCUT2D eigenvalue weighted by atomic mass is 9.95. The van der Waals surface area contributed by atoms with Crippen molar-refractivity contribution in [1.82, 2.24) is 24.1 Å². The van der Waals surface area contributed by atoms with E-state index in [-0.39, 0.29) is 5.91 Å². The van der Waals surface area contributed by atoms with Crippen LogP contribution in [0.15, 0.2) is 24.0 Å². The van der Waals surface area contributed by atoms with Crippen LogP contribution >= 0.6 is 11.3 Å². The number of hydrogen-bond acceptors (Lipinski definition) is 4. The highest BCUT2D eigenvalue weighted by Crippen LogP contribution is 2.32. The number of likely N-dealkylation sites (tertiary alicyclic amines) is 1. The van der Waals surface area contributed by atoms with Crippen LogP contribution in [0.4, 0.5) is 0 Å². The Morgan fingerprint density at radius 3 is 3.09 bits per heavy atom. The number of nitrogens with zero attached hydrogens (tertiary/aromatic N) is 5. The summed E-state index contributed by atoms with van der Waals surface area (Å²) < 4.78 is 3.81. The molecule has 0 bridgehead atoms. The zero-order chi connectivity index (χ0) is 16.0. The van der Waals surface area contributed by atoms with Gasteiger partial charge in [0.05, 0.1) is 17.5 Å². The lowest BCUT2D eigenvalue weighted by Gasteiger charge is -2.31. The summed E-state index contributed by atoms with van der Waals surface area (Å²) in [5.74, 6) is 1.40. The van der Waals surface area contributed by atoms with E-state index in [9.17, 15) is 4.79 Å². The van der Waals surface area contributed by atoms with Gasteiger partial charge in [0.15, 0.2) is 0 Å². The number of rotatable bonds is 2. The molecule has 1 aliphatic rings. The fraction of sp³-hybridized carbons (Fsp3) is 0.438. The molecular formula is C16H19N5OS. The minimum atomic E-state index is 0.0705. The van der Waals surface area contributed by atoms with Crippen molar-refractivity contribution in [3.8, 4) is 0 Å². The van der Waals surface area contributed by atoms with Crippen molar-refractivity contribution >= 4 is 22.1 Å². The van der Waals surface area contributed by atoms with Crippen molar-refractivity contribution in [2.75, 3.05) is 13.1 Å². The predicted molar refractivity (Wildman–Crippen MR) is 88.9 cm³/mol. The van der Waals surface area contributed by atoms with Crippen molar-refractivity contribution in [1.29, 1.82) is 0 Å². The summed E-state index contributed by atoms with van der Waals surface area (Å²) >= 11 is 1.72. The Hall–Kier alpha value is -2.15. The van der Waals surface area contributed by atoms with E-state index in [2.05, 4.69) is 21.1 Å². The lowest BCUT2D eigenvalue weighted by Crippen LogP contribution is -2.39. The highest BCUT2D eigenvalue weighted by molar-refractivity contribution is 7.15. The first kappa shape index (κ1) is 14.4. The highest BCUT2D eigenvalue weighted by Gasteiger charge is 2.29. The normalized spacial score (nSPS) is 18.7. The van der Waals surface area contributed by atoms with E-state index in [4.69, 9.17) is 4.98 Å². The predicted octanol–water partition coefficient (Wildman–Crippen LogP) is 2.46. The summed E-state index contributed by atoms with van der Waals surface area (Å²) in [6.45, 7) is 3.58. The number of aryl methyl sites for hydroxylation is 2. The van der Waals surface area contributed by atoms with Crippen LogP contribution in [-0.4, -0.2) is 43.1 Å². The van der Waals surface area contributed by atoms with Crippen molar-refractivity contribution in [2.45, 2.75) is 25.7 Å². The van der Waals surface area contributed by atoms with Crippen LogP contribution in [0, 0.1) is 6.92 Å². The third-order valence-corrected chi connectivity index (χ3v) is 5.39. The van der Waals surface area contributed by atoms with Gasteiger partial charge >= 0.3 is 0 Å². The largest absolute Gasteiger partial charge is 0.338 e. The standard InChI is InChI=1S/C16H19N5OS/c1-11-18-14(16-21(11)6-7-23-16)12-4-3-5-20(10-12)15(22)13-8-17-19(2)9-13/h6-9,12H,3-5,10H2,1-2H3. The molecule has 0 aliphatic carbocycles. The topological polar surface area (TPSA) is 55.4 Å². The van der Waals surface area contributed by atoms with Crippen molar-refractivity contribution < 1.29 is 4.79 Å². The Morgan fingerprint density at radius 2 is 2.30 bits per heavy atom. The SMILES string of the molecule is Cc1nc(C2CCCN(C(=O)c3cnn(C)c3)C2)c2sccn12. The molecule has 3 aromatic heterocycles. The maximum atomic E-state index is 12.7. The third-order valence-electron chi connectivity index (χ3n) is 4.51. The van der Waals surface area contributed by atoms with Gasteiger partial charge in [-0.15, -0.1) is 11.3 Å². The van der Waals surface area contributed by atoms with Gasteiger partial charge in [0.2, 0.25) is 0 Å². The molecule has 0 saturated carbocycles. The van der Waals surface area contributed by atoms with Gasteiger partial charge < -0.3 is 4.90 Å². The maximum Gasteiger partial charge on any atom is 0.257 e. The van der Waals surface area contributed by atoms with Crippen LogP contribution in [0.25, 0.3) is 4.83 Å². The molecule has 1 aliphatic heterocycles. The second kappa shape index (κ2) is 5.49. The van der Waals surface area contributed by atoms with E-state index in [0.717, 1.165) is 37.4 Å². The van der Waals surface area contributed by atoms with Gasteiger partial charge in [-0.3, -0.25) is 13.9 Å². The molecule has 3 aromatic rings. The van der Waals surface area contributed by atoms with E-state index >= 15 is 0 Å². The molecule has 23 heavy (non-hydrogen) atoms. The van der Waals surface area contributed by atoms with E-state index in [1.807, 2.05) is 18.9 Å². The Morgan fingerprint density at radius 1 is 1.43 bits per heavy atom. The first-order valence-electron chi connectivity index (χ1n) is 7.83. The quantitative estimate of drug-likeness (QED) is 0.726. The van der Waals surface area contributed by atoms with Crippen LogP contribution in [0.2, 0.25) is 0 Å². The molecule has 7 heteroatoms. The van der Waals surface area contributed by atoms with Crippen molar-refractivity contribution in [3.63, 3.8) is 0 Å². The number of carbonyl (C=O) groups is 1. The molecule has 0 radical (unpaired) electrons. The molecule has 6 nitrogen and oxygen atoms in total. The molecule has 120 valence electrons. The summed E-state index contributed by atoms with van der Waals surface area (Å²) in [6.07, 6.45) is 7.59. The lowest BCUT2D eigenvalue weighted by molar-refractivity contribution is 0.0706. The number of fused-ring (bicyclic) bond motifs is 1. The van der Waals surface area contributed by atoms with Crippen LogP contribution in [0.5, 0.6) is 0 Å². The fourth-order valence-corrected chi connectivity index (χ4v) is 4.31. The van der Waals surface area contributed by atoms with E-state index < -0.39 is 0 Å². The van der Waals surface area contributed by atoms with Gasteiger partial charge in [0.1, 0.15) is 10.7 Å². The average Bonchev–Trinajstić information content (AvgIpc) is 3.25. The first-order chi connectivity index (χ1) is 11.1. The molecule has 1 saturated heterocycles. The zero-order valence-corrected chi connectivity index (χ0v) is 14.1. The van der Waals surface area contributed by atoms with Gasteiger partial charge in [0.25, 0.3) is 5.91 Å². The molecule has 4 rings (SSSR count). The smallest absolute Gasteiger partial charge is 0.257 e. The van der Waals surface area contributed by atoms with E-state index in [0.29, 0.717) is 11.5 Å². The van der Waals surface area contributed by atoms with Crippen LogP contribution in [0.1, 0.15) is 40.6 Å². The molecule has 4 heterocycles. The number of carbonyl (C=O) groups excluding carboxylic acids is 1. The van der Waals surface area contributed by atoms with Gasteiger partial charge in [0, 0.05) is 43.8 Å². The summed E-state index contributed by atoms with van der Waals surface area (Å²) in [7, 11) is 1.83. The van der Waals surface area contributed by atoms with Crippen LogP contribution < -0.4 is 0 Å². The molecule has 0 N–H and O–H groups in total. The van der Waals surface area contributed by atoms with Crippen molar-refractivity contribution in [3.05, 3.63) is 41.1 Å². The molecule has 1 amide bonds. The van der Waals surface area contributed by atoms with Gasteiger partial charge in [-0.05, 0) is 19.8 Å².